The zero-order valence-electron chi connectivity index (χ0n) is 15.9. The largest absolute Gasteiger partial charge is 0.332 e. The average Bonchev–Trinajstić information content (AvgIpc) is 3.33. The number of rotatable bonds is 2. The Labute approximate surface area is 169 Å². The van der Waals surface area contributed by atoms with Crippen LogP contribution in [0.4, 0.5) is 13.2 Å². The minimum Gasteiger partial charge on any atom is -0.332 e. The first-order valence-electron chi connectivity index (χ1n) is 9.33. The van der Waals surface area contributed by atoms with Crippen molar-refractivity contribution in [1.82, 2.24) is 24.1 Å². The second kappa shape index (κ2) is 6.72. The van der Waals surface area contributed by atoms with Crippen molar-refractivity contribution in [2.45, 2.75) is 13.0 Å². The van der Waals surface area contributed by atoms with Crippen molar-refractivity contribution >= 4 is 11.4 Å². The Morgan fingerprint density at radius 3 is 2.70 bits per heavy atom. The van der Waals surface area contributed by atoms with Crippen LogP contribution in [0.3, 0.4) is 0 Å². The van der Waals surface area contributed by atoms with E-state index in [9.17, 15) is 18.0 Å². The summed E-state index contributed by atoms with van der Waals surface area (Å²) < 4.78 is 44.1. The Bertz CT molecular complexity index is 1290. The van der Waals surface area contributed by atoms with Gasteiger partial charge >= 0.3 is 0 Å². The molecule has 1 amide bonds. The van der Waals surface area contributed by atoms with Gasteiger partial charge in [-0.1, -0.05) is 0 Å². The summed E-state index contributed by atoms with van der Waals surface area (Å²) in [6, 6.07) is 5.47. The molecule has 0 spiro atoms. The number of benzene rings is 1. The van der Waals surface area contributed by atoms with E-state index in [1.54, 1.807) is 41.0 Å². The molecule has 4 heterocycles. The van der Waals surface area contributed by atoms with Crippen LogP contribution in [0, 0.1) is 17.5 Å². The van der Waals surface area contributed by atoms with E-state index >= 15 is 0 Å². The molecule has 4 aromatic rings. The molecular weight excluding hydrogens is 395 g/mol. The summed E-state index contributed by atoms with van der Waals surface area (Å²) >= 11 is 0. The Kier molecular flexibility index (Phi) is 4.12. The third-order valence-electron chi connectivity index (χ3n) is 5.43. The van der Waals surface area contributed by atoms with Gasteiger partial charge in [-0.15, -0.1) is 0 Å². The highest BCUT2D eigenvalue weighted by Crippen LogP contribution is 2.32. The summed E-state index contributed by atoms with van der Waals surface area (Å²) in [6.45, 7) is 0.690. The van der Waals surface area contributed by atoms with Gasteiger partial charge in [0.2, 0.25) is 0 Å². The Hall–Kier alpha value is -3.62. The van der Waals surface area contributed by atoms with Crippen LogP contribution in [-0.4, -0.2) is 36.5 Å². The fraction of sp³-hybridized carbons (Fsp3) is 0.190. The molecule has 0 saturated carbocycles. The van der Waals surface area contributed by atoms with E-state index in [0.717, 1.165) is 17.7 Å². The van der Waals surface area contributed by atoms with E-state index in [-0.39, 0.29) is 18.0 Å². The fourth-order valence-corrected chi connectivity index (χ4v) is 4.05. The van der Waals surface area contributed by atoms with Crippen LogP contribution in [0.15, 0.2) is 43.0 Å². The second-order valence-electron chi connectivity index (χ2n) is 7.24. The van der Waals surface area contributed by atoms with Gasteiger partial charge in [0, 0.05) is 30.9 Å². The van der Waals surface area contributed by atoms with Crippen LogP contribution in [0.5, 0.6) is 0 Å². The third-order valence-corrected chi connectivity index (χ3v) is 5.43. The van der Waals surface area contributed by atoms with Gasteiger partial charge in [-0.25, -0.2) is 18.2 Å². The van der Waals surface area contributed by atoms with Crippen LogP contribution in [0.1, 0.15) is 21.6 Å². The van der Waals surface area contributed by atoms with Crippen LogP contribution in [0.2, 0.25) is 0 Å². The molecule has 0 radical (unpaired) electrons. The number of carbonyl (C=O) groups excluding carboxylic acids is 1. The maximum absolute atomic E-state index is 13.7. The van der Waals surface area contributed by atoms with Gasteiger partial charge in [0.05, 0.1) is 41.5 Å². The maximum Gasteiger partial charge on any atom is 0.256 e. The van der Waals surface area contributed by atoms with Crippen molar-refractivity contribution in [3.63, 3.8) is 0 Å². The standard InChI is InChI=1S/C21H16F3N5O/c1-27-20(12-7-15(22)19(24)16(23)8-12)13-4-6-28(10-17(13)26-27)21(30)14-3-2-5-29-11-25-9-18(14)29/h2-3,5,7-9,11H,4,6,10H2,1H3. The lowest BCUT2D eigenvalue weighted by molar-refractivity contribution is 0.0734. The highest BCUT2D eigenvalue weighted by molar-refractivity contribution is 6.00. The van der Waals surface area contributed by atoms with Gasteiger partial charge in [0.15, 0.2) is 17.5 Å². The number of aromatic nitrogens is 4. The topological polar surface area (TPSA) is 55.4 Å². The molecule has 1 aliphatic heterocycles. The molecule has 152 valence electrons. The number of halogens is 3. The zero-order valence-corrected chi connectivity index (χ0v) is 15.9. The predicted molar refractivity (Wildman–Crippen MR) is 102 cm³/mol. The summed E-state index contributed by atoms with van der Waals surface area (Å²) in [5.41, 5.74) is 3.44. The highest BCUT2D eigenvalue weighted by atomic mass is 19.2. The first-order chi connectivity index (χ1) is 14.4. The van der Waals surface area contributed by atoms with Gasteiger partial charge in [-0.3, -0.25) is 9.48 Å². The van der Waals surface area contributed by atoms with Gasteiger partial charge in [0.1, 0.15) is 0 Å². The van der Waals surface area contributed by atoms with E-state index in [0.29, 0.717) is 35.4 Å². The number of fused-ring (bicyclic) bond motifs is 2. The molecular formula is C21H16F3N5O. The van der Waals surface area contributed by atoms with Crippen molar-refractivity contribution < 1.29 is 18.0 Å². The molecule has 0 bridgehead atoms. The lowest BCUT2D eigenvalue weighted by Crippen LogP contribution is -2.36. The van der Waals surface area contributed by atoms with E-state index in [4.69, 9.17) is 0 Å². The molecule has 0 fully saturated rings. The highest BCUT2D eigenvalue weighted by Gasteiger charge is 2.29. The number of hydrogen-bond acceptors (Lipinski definition) is 3. The number of amides is 1. The number of imidazole rings is 1. The molecule has 3 aromatic heterocycles. The quantitative estimate of drug-likeness (QED) is 0.476. The smallest absolute Gasteiger partial charge is 0.256 e. The van der Waals surface area contributed by atoms with Crippen LogP contribution in [-0.2, 0) is 20.0 Å². The number of aryl methyl sites for hydroxylation is 1. The molecule has 0 N–H and O–H groups in total. The van der Waals surface area contributed by atoms with E-state index < -0.39 is 17.5 Å². The monoisotopic (exact) mass is 411 g/mol. The van der Waals surface area contributed by atoms with Crippen molar-refractivity contribution in [3.8, 4) is 11.3 Å². The average molecular weight is 411 g/mol. The van der Waals surface area contributed by atoms with Crippen molar-refractivity contribution in [1.29, 1.82) is 0 Å². The lowest BCUT2D eigenvalue weighted by atomic mass is 9.99. The van der Waals surface area contributed by atoms with E-state index in [1.165, 1.54) is 4.68 Å². The molecule has 30 heavy (non-hydrogen) atoms. The number of nitrogens with zero attached hydrogens (tertiary/aromatic N) is 5. The Balaban J connectivity index is 1.49. The molecule has 5 rings (SSSR count). The van der Waals surface area contributed by atoms with Gasteiger partial charge in [-0.05, 0) is 30.7 Å². The zero-order chi connectivity index (χ0) is 21.0. The predicted octanol–water partition coefficient (Wildman–Crippen LogP) is 3.35. The first kappa shape index (κ1) is 18.4. The molecule has 0 saturated heterocycles. The molecule has 1 aromatic carbocycles. The SMILES string of the molecule is Cn1nc2c(c1-c1cc(F)c(F)c(F)c1)CCN(C(=O)c1cccn3cncc13)C2. The van der Waals surface area contributed by atoms with Crippen LogP contribution < -0.4 is 0 Å². The molecule has 1 aliphatic rings. The molecule has 0 aliphatic carbocycles. The summed E-state index contributed by atoms with van der Waals surface area (Å²) in [5.74, 6) is -4.14. The molecule has 0 unspecified atom stereocenters. The Morgan fingerprint density at radius 1 is 1.17 bits per heavy atom. The normalized spacial score (nSPS) is 13.7. The summed E-state index contributed by atoms with van der Waals surface area (Å²) in [4.78, 5) is 18.9. The fourth-order valence-electron chi connectivity index (χ4n) is 4.05. The summed E-state index contributed by atoms with van der Waals surface area (Å²) in [7, 11) is 1.66. The number of pyridine rings is 1. The van der Waals surface area contributed by atoms with Gasteiger partial charge in [-0.2, -0.15) is 5.10 Å². The summed E-state index contributed by atoms with van der Waals surface area (Å²) in [5, 5.41) is 4.45. The van der Waals surface area contributed by atoms with Crippen molar-refractivity contribution in [2.24, 2.45) is 7.05 Å². The minimum atomic E-state index is -1.50. The second-order valence-corrected chi connectivity index (χ2v) is 7.24. The third kappa shape index (κ3) is 2.77. The van der Waals surface area contributed by atoms with E-state index in [1.807, 2.05) is 6.20 Å². The van der Waals surface area contributed by atoms with Crippen LogP contribution in [0.25, 0.3) is 16.8 Å². The van der Waals surface area contributed by atoms with Crippen molar-refractivity contribution in [3.05, 3.63) is 77.3 Å². The molecule has 0 atom stereocenters. The summed E-state index contributed by atoms with van der Waals surface area (Å²) in [6.07, 6.45) is 5.55. The minimum absolute atomic E-state index is 0.141. The van der Waals surface area contributed by atoms with Gasteiger partial charge in [0.25, 0.3) is 5.91 Å². The van der Waals surface area contributed by atoms with Gasteiger partial charge < -0.3 is 9.30 Å². The number of carbonyl (C=O) groups is 1. The van der Waals surface area contributed by atoms with Crippen LogP contribution >= 0.6 is 0 Å². The Morgan fingerprint density at radius 2 is 1.93 bits per heavy atom. The number of hydrogen-bond donors (Lipinski definition) is 0. The molecule has 9 heteroatoms. The first-order valence-corrected chi connectivity index (χ1v) is 9.33. The maximum atomic E-state index is 13.7. The molecule has 6 nitrogen and oxygen atoms in total. The van der Waals surface area contributed by atoms with E-state index in [2.05, 4.69) is 10.1 Å². The van der Waals surface area contributed by atoms with Crippen molar-refractivity contribution in [2.75, 3.05) is 6.54 Å². The lowest BCUT2D eigenvalue weighted by Gasteiger charge is -2.27.